The molecule has 2 aliphatic heterocycles. The van der Waals surface area contributed by atoms with Crippen LogP contribution in [0.25, 0.3) is 10.9 Å². The lowest BCUT2D eigenvalue weighted by atomic mass is 10.00. The summed E-state index contributed by atoms with van der Waals surface area (Å²) >= 11 is 6.28. The first-order valence-corrected chi connectivity index (χ1v) is 17.0. The van der Waals surface area contributed by atoms with Crippen molar-refractivity contribution < 1.29 is 33.9 Å². The predicted molar refractivity (Wildman–Crippen MR) is 185 cm³/mol. The highest BCUT2D eigenvalue weighted by Crippen LogP contribution is 2.25. The number of nitrogens with zero attached hydrogens (tertiary/aromatic N) is 1. The number of aromatic amines is 1. The molecule has 0 saturated carbocycles. The standard InChI is InChI=1S/C35H42ClN7O7/c1-18(2)12-26-33(48)42-28(17-44)35(50)43-16-21(38-32(47)27-14-22-23(36)10-7-11-24(22)39-27)13-29(43)34(49)37-19(3)31(46)41-25(15-30(45)40-26)20-8-5-4-6-9-20/h4-11,14,18-19,21,25-26,28-29,39,44H,12-13,15-17H2,1-3H3,(H,37,49)(H,38,47)(H,40,45)(H,41,46)(H,42,48)/t19-,21-,25-,26-,28-,29-/m0/s1. The minimum Gasteiger partial charge on any atom is -0.394 e. The molecule has 0 aliphatic carbocycles. The zero-order chi connectivity index (χ0) is 36.1. The topological polar surface area (TPSA) is 202 Å². The average Bonchev–Trinajstić information content (AvgIpc) is 3.72. The van der Waals surface area contributed by atoms with Crippen LogP contribution < -0.4 is 26.6 Å². The Bertz CT molecular complexity index is 1760. The van der Waals surface area contributed by atoms with Gasteiger partial charge in [-0.3, -0.25) is 28.8 Å². The molecule has 5 rings (SSSR count). The molecular weight excluding hydrogens is 666 g/mol. The van der Waals surface area contributed by atoms with E-state index in [0.29, 0.717) is 21.5 Å². The van der Waals surface area contributed by atoms with Gasteiger partial charge in [-0.1, -0.05) is 61.8 Å². The number of amides is 6. The quantitative estimate of drug-likeness (QED) is 0.200. The molecule has 1 aromatic heterocycles. The minimum atomic E-state index is -1.46. The van der Waals surface area contributed by atoms with E-state index in [0.717, 1.165) is 0 Å². The SMILES string of the molecule is CC(C)C[C@@H]1NC(=O)C[C@@H](c2ccccc2)NC(=O)[C@H](C)NC(=O)[C@@H]2C[C@H](NC(=O)c3cc4c(Cl)cccc4[nH]3)CN2C(=O)[C@H](CO)NC1=O. The molecule has 0 spiro atoms. The number of fused-ring (bicyclic) bond motifs is 2. The zero-order valence-electron chi connectivity index (χ0n) is 28.0. The Morgan fingerprint density at radius 2 is 1.68 bits per heavy atom. The van der Waals surface area contributed by atoms with Gasteiger partial charge in [-0.2, -0.15) is 0 Å². The third kappa shape index (κ3) is 8.43. The van der Waals surface area contributed by atoms with Crippen LogP contribution in [-0.4, -0.2) is 93.8 Å². The Labute approximate surface area is 294 Å². The average molecular weight is 708 g/mol. The Kier molecular flexibility index (Phi) is 11.4. The van der Waals surface area contributed by atoms with Crippen molar-refractivity contribution in [2.24, 2.45) is 5.92 Å². The highest BCUT2D eigenvalue weighted by atomic mass is 35.5. The number of hydrogen-bond acceptors (Lipinski definition) is 7. The molecule has 3 heterocycles. The van der Waals surface area contributed by atoms with E-state index < -0.39 is 78.3 Å². The molecule has 50 heavy (non-hydrogen) atoms. The Balaban J connectivity index is 1.43. The maximum atomic E-state index is 13.9. The molecule has 6 atom stereocenters. The highest BCUT2D eigenvalue weighted by molar-refractivity contribution is 6.35. The number of nitrogens with one attached hydrogen (secondary N) is 6. The van der Waals surface area contributed by atoms with E-state index in [9.17, 15) is 33.9 Å². The van der Waals surface area contributed by atoms with Gasteiger partial charge in [0.25, 0.3) is 5.91 Å². The van der Waals surface area contributed by atoms with Crippen molar-refractivity contribution in [3.8, 4) is 0 Å². The normalized spacial score (nSPS) is 25.5. The zero-order valence-corrected chi connectivity index (χ0v) is 28.8. The second kappa shape index (κ2) is 15.7. The van der Waals surface area contributed by atoms with E-state index in [2.05, 4.69) is 31.6 Å². The van der Waals surface area contributed by atoms with Gasteiger partial charge in [0.1, 0.15) is 29.9 Å². The van der Waals surface area contributed by atoms with E-state index in [1.807, 2.05) is 13.8 Å². The van der Waals surface area contributed by atoms with Crippen LogP contribution in [0.3, 0.4) is 0 Å². The molecule has 0 unspecified atom stereocenters. The van der Waals surface area contributed by atoms with Crippen molar-refractivity contribution in [1.82, 2.24) is 36.5 Å². The number of aliphatic hydroxyl groups is 1. The number of benzene rings is 2. The smallest absolute Gasteiger partial charge is 0.268 e. The lowest BCUT2D eigenvalue weighted by molar-refractivity contribution is -0.143. The molecule has 266 valence electrons. The van der Waals surface area contributed by atoms with Crippen LogP contribution in [0.4, 0.5) is 0 Å². The summed E-state index contributed by atoms with van der Waals surface area (Å²) in [5, 5.41) is 25.0. The molecule has 6 amide bonds. The van der Waals surface area contributed by atoms with Crippen LogP contribution in [-0.2, 0) is 24.0 Å². The third-order valence-electron chi connectivity index (χ3n) is 8.89. The van der Waals surface area contributed by atoms with Gasteiger partial charge in [-0.15, -0.1) is 0 Å². The summed E-state index contributed by atoms with van der Waals surface area (Å²) in [7, 11) is 0. The number of H-pyrrole nitrogens is 1. The summed E-state index contributed by atoms with van der Waals surface area (Å²) in [5.74, 6) is -3.75. The molecule has 14 nitrogen and oxygen atoms in total. The molecule has 3 aromatic rings. The molecule has 0 bridgehead atoms. The first-order chi connectivity index (χ1) is 23.8. The summed E-state index contributed by atoms with van der Waals surface area (Å²) < 4.78 is 0. The lowest BCUT2D eigenvalue weighted by Crippen LogP contribution is -2.59. The van der Waals surface area contributed by atoms with Crippen LogP contribution in [0.1, 0.15) is 62.1 Å². The van der Waals surface area contributed by atoms with Crippen LogP contribution in [0.5, 0.6) is 0 Å². The second-order valence-corrected chi connectivity index (χ2v) is 13.6. The summed E-state index contributed by atoms with van der Waals surface area (Å²) in [6, 6.07) is 9.42. The van der Waals surface area contributed by atoms with Crippen molar-refractivity contribution in [1.29, 1.82) is 0 Å². The number of carbonyl (C=O) groups is 6. The van der Waals surface area contributed by atoms with Gasteiger partial charge in [0.05, 0.1) is 19.1 Å². The molecule has 2 fully saturated rings. The molecule has 2 aromatic carbocycles. The fourth-order valence-corrected chi connectivity index (χ4v) is 6.57. The van der Waals surface area contributed by atoms with Gasteiger partial charge < -0.3 is 41.6 Å². The Morgan fingerprint density at radius 1 is 0.940 bits per heavy atom. The lowest BCUT2D eigenvalue weighted by Gasteiger charge is -2.30. The summed E-state index contributed by atoms with van der Waals surface area (Å²) in [4.78, 5) is 85.5. The van der Waals surface area contributed by atoms with Crippen LogP contribution in [0.2, 0.25) is 5.02 Å². The molecule has 0 radical (unpaired) electrons. The van der Waals surface area contributed by atoms with E-state index in [4.69, 9.17) is 11.6 Å². The van der Waals surface area contributed by atoms with E-state index in [-0.39, 0.29) is 37.4 Å². The number of halogens is 1. The number of aliphatic hydroxyl groups excluding tert-OH is 1. The second-order valence-electron chi connectivity index (χ2n) is 13.2. The summed E-state index contributed by atoms with van der Waals surface area (Å²) in [5.41, 5.74) is 1.52. The van der Waals surface area contributed by atoms with Crippen molar-refractivity contribution in [2.75, 3.05) is 13.2 Å². The van der Waals surface area contributed by atoms with Crippen molar-refractivity contribution in [3.63, 3.8) is 0 Å². The molecule has 15 heteroatoms. The maximum Gasteiger partial charge on any atom is 0.268 e. The fourth-order valence-electron chi connectivity index (χ4n) is 6.35. The first kappa shape index (κ1) is 36.3. The van der Waals surface area contributed by atoms with Gasteiger partial charge in [-0.05, 0) is 49.4 Å². The van der Waals surface area contributed by atoms with Crippen LogP contribution in [0.15, 0.2) is 54.6 Å². The van der Waals surface area contributed by atoms with Crippen molar-refractivity contribution in [3.05, 3.63) is 70.9 Å². The van der Waals surface area contributed by atoms with E-state index in [1.54, 1.807) is 54.6 Å². The first-order valence-electron chi connectivity index (χ1n) is 16.6. The summed E-state index contributed by atoms with van der Waals surface area (Å²) in [6.45, 7) is 4.30. The maximum absolute atomic E-state index is 13.9. The van der Waals surface area contributed by atoms with Gasteiger partial charge in [-0.25, -0.2) is 0 Å². The highest BCUT2D eigenvalue weighted by Gasteiger charge is 2.43. The number of hydrogen-bond donors (Lipinski definition) is 7. The molecule has 2 saturated heterocycles. The van der Waals surface area contributed by atoms with Crippen LogP contribution in [0, 0.1) is 5.92 Å². The number of rotatable bonds is 6. The Hall–Kier alpha value is -4.95. The van der Waals surface area contributed by atoms with Gasteiger partial charge >= 0.3 is 0 Å². The largest absolute Gasteiger partial charge is 0.394 e. The summed E-state index contributed by atoms with van der Waals surface area (Å²) in [6.07, 6.45) is 0.00947. The predicted octanol–water partition coefficient (Wildman–Crippen LogP) is 1.29. The molecular formula is C35H42ClN7O7. The Morgan fingerprint density at radius 3 is 2.36 bits per heavy atom. The number of carbonyl (C=O) groups excluding carboxylic acids is 6. The monoisotopic (exact) mass is 707 g/mol. The van der Waals surface area contributed by atoms with E-state index in [1.165, 1.54) is 11.8 Å². The third-order valence-corrected chi connectivity index (χ3v) is 9.22. The number of aromatic nitrogens is 1. The molecule has 2 aliphatic rings. The van der Waals surface area contributed by atoms with Gasteiger partial charge in [0.15, 0.2) is 0 Å². The fraction of sp³-hybridized carbons (Fsp3) is 0.429. The van der Waals surface area contributed by atoms with Gasteiger partial charge in [0.2, 0.25) is 29.5 Å². The van der Waals surface area contributed by atoms with Crippen molar-refractivity contribution >= 4 is 57.9 Å². The molecule has 7 N–H and O–H groups in total. The van der Waals surface area contributed by atoms with Gasteiger partial charge in [0, 0.05) is 28.5 Å². The minimum absolute atomic E-state index is 0.0105. The van der Waals surface area contributed by atoms with E-state index >= 15 is 0 Å². The van der Waals surface area contributed by atoms with Crippen LogP contribution >= 0.6 is 11.6 Å². The van der Waals surface area contributed by atoms with Crippen molar-refractivity contribution in [2.45, 2.75) is 76.3 Å².